The first-order valence-electron chi connectivity index (χ1n) is 8.54. The van der Waals surface area contributed by atoms with Crippen molar-refractivity contribution >= 4 is 45.2 Å². The first-order chi connectivity index (χ1) is 10.7. The van der Waals surface area contributed by atoms with Gasteiger partial charge in [0, 0.05) is 0 Å². The van der Waals surface area contributed by atoms with Crippen molar-refractivity contribution in [3.8, 4) is 0 Å². The van der Waals surface area contributed by atoms with E-state index in [0.29, 0.717) is 0 Å². The van der Waals surface area contributed by atoms with Crippen LogP contribution in [-0.2, 0) is 27.3 Å². The zero-order valence-electron chi connectivity index (χ0n) is 17.9. The molecule has 0 heterocycles. The smallest absolute Gasteiger partial charge is 0.364 e. The summed E-state index contributed by atoms with van der Waals surface area (Å²) in [6, 6.07) is 0. The SMILES string of the molecule is C[Si](C)(C)OC(=O)C(O[Si](C)(C)C)(O[Si](C)(C)C)C(=O)O[Si](C)(C)C. The van der Waals surface area contributed by atoms with Gasteiger partial charge in [-0.3, -0.25) is 0 Å². The highest BCUT2D eigenvalue weighted by Gasteiger charge is 2.58. The molecule has 0 aromatic heterocycles. The fourth-order valence-electron chi connectivity index (χ4n) is 1.82. The lowest BCUT2D eigenvalue weighted by Crippen LogP contribution is -2.63. The van der Waals surface area contributed by atoms with E-state index in [1.165, 1.54) is 0 Å². The Bertz CT molecular complexity index is 448. The van der Waals surface area contributed by atoms with Gasteiger partial charge in [0.05, 0.1) is 0 Å². The average Bonchev–Trinajstić information content (AvgIpc) is 2.18. The van der Waals surface area contributed by atoms with Crippen LogP contribution in [0.25, 0.3) is 0 Å². The molecule has 0 aliphatic carbocycles. The molecule has 148 valence electrons. The quantitative estimate of drug-likeness (QED) is 0.331. The van der Waals surface area contributed by atoms with Crippen molar-refractivity contribution in [1.29, 1.82) is 0 Å². The second kappa shape index (κ2) is 7.77. The van der Waals surface area contributed by atoms with Crippen LogP contribution >= 0.6 is 0 Å². The maximum Gasteiger partial charge on any atom is 0.364 e. The van der Waals surface area contributed by atoms with Gasteiger partial charge >= 0.3 is 17.7 Å². The fraction of sp³-hybridized carbons (Fsp3) is 0.867. The summed E-state index contributed by atoms with van der Waals surface area (Å²) in [5.41, 5.74) is 0. The number of carbonyl (C=O) groups excluding carboxylic acids is 2. The van der Waals surface area contributed by atoms with Crippen molar-refractivity contribution in [2.24, 2.45) is 0 Å². The second-order valence-corrected chi connectivity index (χ2v) is 27.8. The van der Waals surface area contributed by atoms with Gasteiger partial charge in [-0.05, 0) is 78.6 Å². The van der Waals surface area contributed by atoms with Gasteiger partial charge in [0.1, 0.15) is 0 Å². The molecule has 0 aromatic carbocycles. The minimum atomic E-state index is -2.34. The molecule has 0 saturated heterocycles. The second-order valence-electron chi connectivity index (χ2n) is 10.0. The predicted molar refractivity (Wildman–Crippen MR) is 110 cm³/mol. The molecule has 0 aromatic rings. The summed E-state index contributed by atoms with van der Waals surface area (Å²) in [6.45, 7) is 22.7. The predicted octanol–water partition coefficient (Wildman–Crippen LogP) is 4.14. The maximum absolute atomic E-state index is 13.1. The molecule has 0 rings (SSSR count). The van der Waals surface area contributed by atoms with Crippen LogP contribution in [0.5, 0.6) is 0 Å². The van der Waals surface area contributed by atoms with Crippen LogP contribution in [0.1, 0.15) is 0 Å². The van der Waals surface area contributed by atoms with Gasteiger partial charge in [0.15, 0.2) is 16.6 Å². The van der Waals surface area contributed by atoms with E-state index in [9.17, 15) is 9.59 Å². The molecule has 0 unspecified atom stereocenters. The van der Waals surface area contributed by atoms with Gasteiger partial charge in [-0.15, -0.1) is 0 Å². The Morgan fingerprint density at radius 2 is 0.760 bits per heavy atom. The topological polar surface area (TPSA) is 71.1 Å². The molecule has 0 aliphatic heterocycles. The first kappa shape index (κ1) is 24.7. The maximum atomic E-state index is 13.1. The lowest BCUT2D eigenvalue weighted by atomic mass is 10.3. The number of hydrogen-bond acceptors (Lipinski definition) is 6. The Morgan fingerprint density at radius 1 is 0.520 bits per heavy atom. The monoisotopic (exact) mass is 424 g/mol. The summed E-state index contributed by atoms with van der Waals surface area (Å²) in [5.74, 6) is -3.69. The van der Waals surface area contributed by atoms with Gasteiger partial charge in [0.25, 0.3) is 0 Å². The highest BCUT2D eigenvalue weighted by atomic mass is 28.4. The minimum Gasteiger partial charge on any atom is -0.516 e. The van der Waals surface area contributed by atoms with Crippen LogP contribution in [0.2, 0.25) is 78.6 Å². The van der Waals surface area contributed by atoms with E-state index in [1.807, 2.05) is 78.6 Å². The molecule has 10 heteroatoms. The molecule has 0 aliphatic rings. The normalized spacial score (nSPS) is 14.2. The Morgan fingerprint density at radius 3 is 0.920 bits per heavy atom. The van der Waals surface area contributed by atoms with Crippen molar-refractivity contribution < 1.29 is 27.3 Å². The van der Waals surface area contributed by atoms with E-state index in [-0.39, 0.29) is 0 Å². The summed E-state index contributed by atoms with van der Waals surface area (Å²) in [7, 11) is -9.21. The van der Waals surface area contributed by atoms with E-state index < -0.39 is 51.0 Å². The van der Waals surface area contributed by atoms with Crippen LogP contribution in [0.4, 0.5) is 0 Å². The highest BCUT2D eigenvalue weighted by Crippen LogP contribution is 2.30. The molecule has 6 nitrogen and oxygen atoms in total. The zero-order chi connectivity index (χ0) is 20.5. The lowest BCUT2D eigenvalue weighted by Gasteiger charge is -2.40. The molecule has 0 amide bonds. The van der Waals surface area contributed by atoms with Crippen LogP contribution in [0.15, 0.2) is 0 Å². The van der Waals surface area contributed by atoms with Crippen molar-refractivity contribution in [2.75, 3.05) is 0 Å². The van der Waals surface area contributed by atoms with Gasteiger partial charge in [-0.25, -0.2) is 9.59 Å². The number of rotatable bonds is 8. The van der Waals surface area contributed by atoms with Crippen LogP contribution in [0, 0.1) is 0 Å². The van der Waals surface area contributed by atoms with Crippen molar-refractivity contribution in [2.45, 2.75) is 84.4 Å². The third-order valence-corrected chi connectivity index (χ3v) is 5.63. The third kappa shape index (κ3) is 9.85. The molecule has 0 spiro atoms. The van der Waals surface area contributed by atoms with Crippen molar-refractivity contribution in [3.63, 3.8) is 0 Å². The molecule has 25 heavy (non-hydrogen) atoms. The summed E-state index contributed by atoms with van der Waals surface area (Å²) in [6.07, 6.45) is 0. The van der Waals surface area contributed by atoms with Gasteiger partial charge in [-0.1, -0.05) is 0 Å². The highest BCUT2D eigenvalue weighted by molar-refractivity contribution is 6.74. The van der Waals surface area contributed by atoms with E-state index in [4.69, 9.17) is 17.7 Å². The third-order valence-electron chi connectivity index (χ3n) is 2.24. The molecular weight excluding hydrogens is 389 g/mol. The molecule has 0 saturated carbocycles. The van der Waals surface area contributed by atoms with Gasteiger partial charge in [-0.2, -0.15) is 0 Å². The van der Waals surface area contributed by atoms with Crippen molar-refractivity contribution in [1.82, 2.24) is 0 Å². The average molecular weight is 425 g/mol. The minimum absolute atomic E-state index is 0.778. The lowest BCUT2D eigenvalue weighted by molar-refractivity contribution is -0.203. The summed E-state index contributed by atoms with van der Waals surface area (Å²) < 4.78 is 23.4. The molecular formula is C15H36O6Si4. The van der Waals surface area contributed by atoms with E-state index in [2.05, 4.69) is 0 Å². The van der Waals surface area contributed by atoms with Crippen LogP contribution in [0.3, 0.4) is 0 Å². The zero-order valence-corrected chi connectivity index (χ0v) is 21.9. The molecule has 0 atom stereocenters. The number of carbonyl (C=O) groups is 2. The summed E-state index contributed by atoms with van der Waals surface area (Å²) >= 11 is 0. The van der Waals surface area contributed by atoms with Crippen molar-refractivity contribution in [3.05, 3.63) is 0 Å². The summed E-state index contributed by atoms with van der Waals surface area (Å²) in [5, 5.41) is 0. The Labute approximate surface area is 157 Å². The van der Waals surface area contributed by atoms with Gasteiger partial charge < -0.3 is 17.7 Å². The number of hydrogen-bond donors (Lipinski definition) is 0. The van der Waals surface area contributed by atoms with E-state index >= 15 is 0 Å². The molecule has 0 bridgehead atoms. The molecule has 0 N–H and O–H groups in total. The largest absolute Gasteiger partial charge is 0.516 e. The fourth-order valence-corrected chi connectivity index (χ4v) is 5.43. The standard InChI is InChI=1S/C15H36O6Si4/c1-22(2,3)18-13(16)15(20-24(7,8)9,21-25(10,11)12)14(17)19-23(4,5)6/h1-12H3. The Balaban J connectivity index is 6.23. The Hall–Kier alpha value is -0.272. The first-order valence-corrected chi connectivity index (χ1v) is 22.2. The van der Waals surface area contributed by atoms with Crippen LogP contribution in [-0.4, -0.2) is 51.0 Å². The van der Waals surface area contributed by atoms with E-state index in [0.717, 1.165) is 0 Å². The Kier molecular flexibility index (Phi) is 7.68. The molecule has 0 fully saturated rings. The van der Waals surface area contributed by atoms with E-state index in [1.54, 1.807) is 0 Å². The van der Waals surface area contributed by atoms with Gasteiger partial charge in [0.2, 0.25) is 16.6 Å². The summed E-state index contributed by atoms with van der Waals surface area (Å²) in [4.78, 5) is 26.2. The molecule has 0 radical (unpaired) electrons. The van der Waals surface area contributed by atoms with Crippen LogP contribution < -0.4 is 0 Å².